The molecule has 0 N–H and O–H groups in total. The van der Waals surface area contributed by atoms with Gasteiger partial charge in [0.25, 0.3) is 5.56 Å². The summed E-state index contributed by atoms with van der Waals surface area (Å²) < 4.78 is 2.66. The van der Waals surface area contributed by atoms with E-state index in [-0.39, 0.29) is 5.56 Å². The Bertz CT molecular complexity index is 1340. The number of pyridine rings is 1. The highest BCUT2D eigenvalue weighted by molar-refractivity contribution is 9.10. The molecule has 3 nitrogen and oxygen atoms in total. The first-order chi connectivity index (χ1) is 11.7. The number of halogens is 1. The van der Waals surface area contributed by atoms with Gasteiger partial charge in [-0.3, -0.25) is 9.20 Å². The molecule has 0 bridgehead atoms. The first-order valence-corrected chi connectivity index (χ1v) is 8.45. The lowest BCUT2D eigenvalue weighted by molar-refractivity contribution is 1.14. The highest BCUT2D eigenvalue weighted by Crippen LogP contribution is 2.30. The Kier molecular flexibility index (Phi) is 2.79. The molecule has 0 aliphatic carbocycles. The fourth-order valence-electron chi connectivity index (χ4n) is 3.37. The van der Waals surface area contributed by atoms with Gasteiger partial charge in [0.15, 0.2) is 0 Å². The molecule has 3 aromatic carbocycles. The SMILES string of the molecule is O=c1c2ccccc2nc2c3ccccc3c3ccc(Br)cc3n12. The summed E-state index contributed by atoms with van der Waals surface area (Å²) in [4.78, 5) is 18.0. The number of benzene rings is 3. The van der Waals surface area contributed by atoms with Gasteiger partial charge in [-0.25, -0.2) is 4.98 Å². The van der Waals surface area contributed by atoms with Crippen molar-refractivity contribution in [3.05, 3.63) is 81.6 Å². The summed E-state index contributed by atoms with van der Waals surface area (Å²) >= 11 is 3.52. The number of rotatable bonds is 0. The Labute approximate surface area is 145 Å². The lowest BCUT2D eigenvalue weighted by atomic mass is 10.1. The quantitative estimate of drug-likeness (QED) is 0.285. The minimum absolute atomic E-state index is 0.0375. The Morgan fingerprint density at radius 3 is 2.33 bits per heavy atom. The molecule has 0 saturated heterocycles. The van der Waals surface area contributed by atoms with E-state index in [1.807, 2.05) is 60.7 Å². The maximum Gasteiger partial charge on any atom is 0.266 e. The van der Waals surface area contributed by atoms with E-state index in [0.29, 0.717) is 11.0 Å². The first kappa shape index (κ1) is 13.7. The third-order valence-corrected chi connectivity index (χ3v) is 4.93. The van der Waals surface area contributed by atoms with Gasteiger partial charge in [0, 0.05) is 15.2 Å². The third kappa shape index (κ3) is 1.77. The van der Waals surface area contributed by atoms with Gasteiger partial charge in [0.2, 0.25) is 0 Å². The number of hydrogen-bond donors (Lipinski definition) is 0. The standard InChI is InChI=1S/C20H11BrN2O/c21-12-9-10-14-13-5-1-2-6-15(13)19-22-17-8-4-3-7-16(17)20(24)23(19)18(14)11-12/h1-11H. The fraction of sp³-hybridized carbons (Fsp3) is 0. The topological polar surface area (TPSA) is 34.4 Å². The number of para-hydroxylation sites is 1. The maximum absolute atomic E-state index is 13.2. The van der Waals surface area contributed by atoms with Crippen LogP contribution in [-0.4, -0.2) is 9.38 Å². The van der Waals surface area contributed by atoms with Crippen LogP contribution < -0.4 is 5.56 Å². The Morgan fingerprint density at radius 1 is 0.792 bits per heavy atom. The summed E-state index contributed by atoms with van der Waals surface area (Å²) in [6.07, 6.45) is 0. The summed E-state index contributed by atoms with van der Waals surface area (Å²) in [5.74, 6) is 0. The van der Waals surface area contributed by atoms with Crippen molar-refractivity contribution in [2.45, 2.75) is 0 Å². The van der Waals surface area contributed by atoms with E-state index in [1.54, 1.807) is 4.40 Å². The number of aromatic nitrogens is 2. The van der Waals surface area contributed by atoms with E-state index in [1.165, 1.54) is 0 Å². The zero-order valence-electron chi connectivity index (χ0n) is 12.5. The van der Waals surface area contributed by atoms with Gasteiger partial charge in [-0.2, -0.15) is 0 Å². The lowest BCUT2D eigenvalue weighted by Gasteiger charge is -2.12. The van der Waals surface area contributed by atoms with Crippen molar-refractivity contribution in [3.63, 3.8) is 0 Å². The molecule has 0 fully saturated rings. The van der Waals surface area contributed by atoms with Crippen LogP contribution in [0.15, 0.2) is 76.0 Å². The van der Waals surface area contributed by atoms with Crippen LogP contribution in [0.5, 0.6) is 0 Å². The van der Waals surface area contributed by atoms with Crippen LogP contribution in [0.4, 0.5) is 0 Å². The highest BCUT2D eigenvalue weighted by Gasteiger charge is 2.13. The molecule has 0 spiro atoms. The van der Waals surface area contributed by atoms with Gasteiger partial charge in [0.1, 0.15) is 5.65 Å². The number of fused-ring (bicyclic) bond motifs is 7. The molecule has 0 saturated carbocycles. The predicted octanol–water partition coefficient (Wildman–Crippen LogP) is 4.92. The van der Waals surface area contributed by atoms with Gasteiger partial charge in [-0.1, -0.05) is 58.4 Å². The minimum Gasteiger partial charge on any atom is -0.268 e. The molecule has 0 unspecified atom stereocenters. The smallest absolute Gasteiger partial charge is 0.266 e. The predicted molar refractivity (Wildman–Crippen MR) is 102 cm³/mol. The van der Waals surface area contributed by atoms with Crippen LogP contribution in [0.2, 0.25) is 0 Å². The summed E-state index contributed by atoms with van der Waals surface area (Å²) in [6, 6.07) is 21.6. The molecule has 5 aromatic rings. The average molecular weight is 375 g/mol. The molecule has 2 aromatic heterocycles. The normalized spacial score (nSPS) is 11.7. The van der Waals surface area contributed by atoms with Crippen molar-refractivity contribution < 1.29 is 0 Å². The first-order valence-electron chi connectivity index (χ1n) is 7.65. The molecule has 0 atom stereocenters. The molecule has 0 aliphatic rings. The van der Waals surface area contributed by atoms with E-state index in [2.05, 4.69) is 22.0 Å². The second-order valence-electron chi connectivity index (χ2n) is 5.80. The van der Waals surface area contributed by atoms with Crippen molar-refractivity contribution in [2.24, 2.45) is 0 Å². The number of nitrogens with zero attached hydrogens (tertiary/aromatic N) is 2. The second-order valence-corrected chi connectivity index (χ2v) is 6.72. The van der Waals surface area contributed by atoms with Crippen molar-refractivity contribution in [2.75, 3.05) is 0 Å². The molecule has 24 heavy (non-hydrogen) atoms. The molecule has 2 heterocycles. The third-order valence-electron chi connectivity index (χ3n) is 4.43. The highest BCUT2D eigenvalue weighted by atomic mass is 79.9. The van der Waals surface area contributed by atoms with Gasteiger partial charge in [-0.05, 0) is 29.7 Å². The maximum atomic E-state index is 13.2. The molecular formula is C20H11BrN2O. The minimum atomic E-state index is -0.0375. The van der Waals surface area contributed by atoms with E-state index in [9.17, 15) is 4.79 Å². The van der Waals surface area contributed by atoms with E-state index in [0.717, 1.165) is 31.7 Å². The molecular weight excluding hydrogens is 364 g/mol. The molecule has 114 valence electrons. The fourth-order valence-corrected chi connectivity index (χ4v) is 3.72. The Hall–Kier alpha value is -2.72. The summed E-state index contributed by atoms with van der Waals surface area (Å²) in [7, 11) is 0. The van der Waals surface area contributed by atoms with Crippen LogP contribution >= 0.6 is 15.9 Å². The molecule has 0 amide bonds. The molecule has 0 radical (unpaired) electrons. The molecule has 4 heteroatoms. The van der Waals surface area contributed by atoms with Crippen LogP contribution in [0.25, 0.3) is 38.2 Å². The number of hydrogen-bond acceptors (Lipinski definition) is 2. The van der Waals surface area contributed by atoms with Gasteiger partial charge >= 0.3 is 0 Å². The van der Waals surface area contributed by atoms with Crippen LogP contribution in [-0.2, 0) is 0 Å². The second kappa shape index (κ2) is 4.89. The summed E-state index contributed by atoms with van der Waals surface area (Å²) in [5.41, 5.74) is 2.24. The zero-order valence-corrected chi connectivity index (χ0v) is 14.1. The molecule has 5 rings (SSSR count). The van der Waals surface area contributed by atoms with Gasteiger partial charge < -0.3 is 0 Å². The Morgan fingerprint density at radius 2 is 1.50 bits per heavy atom. The van der Waals surface area contributed by atoms with E-state index in [4.69, 9.17) is 4.98 Å². The summed E-state index contributed by atoms with van der Waals surface area (Å²) in [6.45, 7) is 0. The van der Waals surface area contributed by atoms with Crippen LogP contribution in [0, 0.1) is 0 Å². The van der Waals surface area contributed by atoms with Gasteiger partial charge in [0.05, 0.1) is 16.4 Å². The van der Waals surface area contributed by atoms with Crippen molar-refractivity contribution in [1.29, 1.82) is 0 Å². The Balaban J connectivity index is 2.23. The zero-order chi connectivity index (χ0) is 16.3. The summed E-state index contributed by atoms with van der Waals surface area (Å²) in [5, 5.41) is 3.75. The lowest BCUT2D eigenvalue weighted by Crippen LogP contribution is -2.16. The van der Waals surface area contributed by atoms with Crippen molar-refractivity contribution in [3.8, 4) is 0 Å². The molecule has 0 aliphatic heterocycles. The van der Waals surface area contributed by atoms with E-state index < -0.39 is 0 Å². The van der Waals surface area contributed by atoms with Crippen LogP contribution in [0.1, 0.15) is 0 Å². The van der Waals surface area contributed by atoms with Crippen LogP contribution in [0.3, 0.4) is 0 Å². The monoisotopic (exact) mass is 374 g/mol. The van der Waals surface area contributed by atoms with E-state index >= 15 is 0 Å². The average Bonchev–Trinajstić information content (AvgIpc) is 2.62. The van der Waals surface area contributed by atoms with Crippen molar-refractivity contribution >= 4 is 54.2 Å². The largest absolute Gasteiger partial charge is 0.268 e. The van der Waals surface area contributed by atoms with Gasteiger partial charge in [-0.15, -0.1) is 0 Å². The van der Waals surface area contributed by atoms with Crippen molar-refractivity contribution in [1.82, 2.24) is 9.38 Å².